The molecule has 0 saturated carbocycles. The van der Waals surface area contributed by atoms with Crippen LogP contribution in [0.2, 0.25) is 5.02 Å². The highest BCUT2D eigenvalue weighted by Crippen LogP contribution is 2.11. The zero-order valence-electron chi connectivity index (χ0n) is 10.2. The van der Waals surface area contributed by atoms with Crippen molar-refractivity contribution in [1.29, 1.82) is 0 Å². The largest absolute Gasteiger partial charge is 0.353 e. The second-order valence-corrected chi connectivity index (χ2v) is 4.92. The number of carbonyl (C=O) groups excluding carboxylic acids is 1. The van der Waals surface area contributed by atoms with Crippen LogP contribution in [0.15, 0.2) is 24.3 Å². The molecule has 94 valence electrons. The summed E-state index contributed by atoms with van der Waals surface area (Å²) in [6.07, 6.45) is 1.16. The smallest absolute Gasteiger partial charge is 0.221 e. The Kier molecular flexibility index (Phi) is 5.45. The molecule has 1 rings (SSSR count). The van der Waals surface area contributed by atoms with E-state index >= 15 is 0 Å². The van der Waals surface area contributed by atoms with Gasteiger partial charge in [-0.1, -0.05) is 23.7 Å². The number of nitrogens with one attached hydrogen (secondary N) is 1. The highest BCUT2D eigenvalue weighted by atomic mass is 35.5. The maximum atomic E-state index is 11.5. The van der Waals surface area contributed by atoms with Gasteiger partial charge in [0, 0.05) is 23.5 Å². The molecule has 0 radical (unpaired) electrons. The lowest BCUT2D eigenvalue weighted by atomic mass is 10.1. The van der Waals surface area contributed by atoms with E-state index < -0.39 is 0 Å². The molecule has 3 nitrogen and oxygen atoms in total. The monoisotopic (exact) mass is 254 g/mol. The van der Waals surface area contributed by atoms with E-state index in [1.165, 1.54) is 0 Å². The summed E-state index contributed by atoms with van der Waals surface area (Å²) in [5, 5.41) is 3.65. The van der Waals surface area contributed by atoms with Crippen molar-refractivity contribution < 1.29 is 4.79 Å². The second kappa shape index (κ2) is 6.62. The van der Waals surface area contributed by atoms with Crippen LogP contribution in [-0.2, 0) is 11.2 Å². The fraction of sp³-hybridized carbons (Fsp3) is 0.462. The summed E-state index contributed by atoms with van der Waals surface area (Å²) in [6.45, 7) is 3.80. The molecule has 0 aliphatic rings. The fourth-order valence-electron chi connectivity index (χ4n) is 1.65. The van der Waals surface area contributed by atoms with E-state index in [9.17, 15) is 4.79 Å². The van der Waals surface area contributed by atoms with Gasteiger partial charge in [-0.2, -0.15) is 0 Å². The lowest BCUT2D eigenvalue weighted by Gasteiger charge is -2.15. The molecule has 3 N–H and O–H groups in total. The minimum Gasteiger partial charge on any atom is -0.353 e. The molecule has 1 aromatic rings. The van der Waals surface area contributed by atoms with Gasteiger partial charge in [0.25, 0.3) is 0 Å². The molecule has 1 aromatic carbocycles. The highest BCUT2D eigenvalue weighted by Gasteiger charge is 2.09. The lowest BCUT2D eigenvalue weighted by molar-refractivity contribution is -0.121. The summed E-state index contributed by atoms with van der Waals surface area (Å²) in [7, 11) is 0. The first-order chi connectivity index (χ1) is 7.97. The van der Waals surface area contributed by atoms with E-state index in [1.54, 1.807) is 0 Å². The minimum atomic E-state index is -0.0993. The Bertz CT molecular complexity index is 362. The zero-order valence-corrected chi connectivity index (χ0v) is 11.0. The normalized spacial score (nSPS) is 14.1. The Morgan fingerprint density at radius 1 is 1.35 bits per heavy atom. The predicted octanol–water partition coefficient (Wildman–Crippen LogP) is 2.12. The number of hydrogen-bond acceptors (Lipinski definition) is 2. The Balaban J connectivity index is 2.41. The summed E-state index contributed by atoms with van der Waals surface area (Å²) in [5.74, 6) is 0.00136. The molecule has 0 fully saturated rings. The van der Waals surface area contributed by atoms with Gasteiger partial charge in [0.15, 0.2) is 0 Å². The van der Waals surface area contributed by atoms with E-state index in [-0.39, 0.29) is 18.0 Å². The molecular weight excluding hydrogens is 236 g/mol. The first kappa shape index (κ1) is 14.0. The van der Waals surface area contributed by atoms with Crippen molar-refractivity contribution in [3.05, 3.63) is 34.9 Å². The molecule has 0 spiro atoms. The van der Waals surface area contributed by atoms with Gasteiger partial charge in [0.1, 0.15) is 0 Å². The minimum absolute atomic E-state index is 0.00136. The number of benzene rings is 1. The van der Waals surface area contributed by atoms with E-state index in [1.807, 2.05) is 38.1 Å². The summed E-state index contributed by atoms with van der Waals surface area (Å²) >= 11 is 5.81. The number of rotatable bonds is 5. The van der Waals surface area contributed by atoms with Crippen LogP contribution in [0.5, 0.6) is 0 Å². The molecule has 2 unspecified atom stereocenters. The van der Waals surface area contributed by atoms with Crippen LogP contribution in [0.1, 0.15) is 25.8 Å². The molecule has 2 atom stereocenters. The molecule has 0 heterocycles. The van der Waals surface area contributed by atoms with E-state index in [2.05, 4.69) is 5.32 Å². The molecular formula is C13H19ClN2O. The number of hydrogen-bond donors (Lipinski definition) is 2. The van der Waals surface area contributed by atoms with Gasteiger partial charge in [-0.3, -0.25) is 4.79 Å². The zero-order chi connectivity index (χ0) is 12.8. The number of nitrogens with two attached hydrogens (primary N) is 1. The Hall–Kier alpha value is -1.06. The van der Waals surface area contributed by atoms with Crippen LogP contribution >= 0.6 is 11.6 Å². The van der Waals surface area contributed by atoms with E-state index in [4.69, 9.17) is 17.3 Å². The molecule has 0 saturated heterocycles. The molecule has 0 aliphatic heterocycles. The second-order valence-electron chi connectivity index (χ2n) is 4.48. The van der Waals surface area contributed by atoms with Crippen LogP contribution in [0.4, 0.5) is 0 Å². The third kappa shape index (κ3) is 5.71. The Morgan fingerprint density at radius 2 is 1.94 bits per heavy atom. The number of halogens is 1. The third-order valence-electron chi connectivity index (χ3n) is 2.37. The fourth-order valence-corrected chi connectivity index (χ4v) is 1.78. The number of amides is 1. The molecule has 1 amide bonds. The van der Waals surface area contributed by atoms with Crippen molar-refractivity contribution in [2.75, 3.05) is 0 Å². The quantitative estimate of drug-likeness (QED) is 0.846. The maximum absolute atomic E-state index is 11.5. The van der Waals surface area contributed by atoms with Crippen molar-refractivity contribution in [3.8, 4) is 0 Å². The molecule has 0 aromatic heterocycles. The summed E-state index contributed by atoms with van der Waals surface area (Å²) in [5.41, 5.74) is 6.72. The SMILES string of the molecule is CC(N)CC(=O)NC(C)Cc1ccc(Cl)cc1. The van der Waals surface area contributed by atoms with Crippen molar-refractivity contribution in [1.82, 2.24) is 5.32 Å². The molecule has 0 bridgehead atoms. The van der Waals surface area contributed by atoms with Gasteiger partial charge in [-0.15, -0.1) is 0 Å². The summed E-state index contributed by atoms with van der Waals surface area (Å²) < 4.78 is 0. The first-order valence-corrected chi connectivity index (χ1v) is 6.14. The summed E-state index contributed by atoms with van der Waals surface area (Å²) in [4.78, 5) is 11.5. The van der Waals surface area contributed by atoms with Crippen molar-refractivity contribution in [3.63, 3.8) is 0 Å². The van der Waals surface area contributed by atoms with Gasteiger partial charge in [0.2, 0.25) is 5.91 Å². The number of carbonyl (C=O) groups is 1. The van der Waals surface area contributed by atoms with Gasteiger partial charge < -0.3 is 11.1 Å². The Labute approximate surface area is 107 Å². The average molecular weight is 255 g/mol. The van der Waals surface area contributed by atoms with Gasteiger partial charge >= 0.3 is 0 Å². The predicted molar refractivity (Wildman–Crippen MR) is 71.0 cm³/mol. The van der Waals surface area contributed by atoms with Crippen molar-refractivity contribution in [2.24, 2.45) is 5.73 Å². The molecule has 0 aliphatic carbocycles. The van der Waals surface area contributed by atoms with Crippen LogP contribution in [0.3, 0.4) is 0 Å². The van der Waals surface area contributed by atoms with Gasteiger partial charge in [-0.05, 0) is 38.0 Å². The van der Waals surface area contributed by atoms with Crippen LogP contribution in [0, 0.1) is 0 Å². The topological polar surface area (TPSA) is 55.1 Å². The van der Waals surface area contributed by atoms with Crippen LogP contribution < -0.4 is 11.1 Å². The average Bonchev–Trinajstić information content (AvgIpc) is 2.19. The highest BCUT2D eigenvalue weighted by molar-refractivity contribution is 6.30. The van der Waals surface area contributed by atoms with Crippen molar-refractivity contribution >= 4 is 17.5 Å². The lowest BCUT2D eigenvalue weighted by Crippen LogP contribution is -2.37. The molecule has 17 heavy (non-hydrogen) atoms. The third-order valence-corrected chi connectivity index (χ3v) is 2.62. The standard InChI is InChI=1S/C13H19ClN2O/c1-9(15)7-13(17)16-10(2)8-11-3-5-12(14)6-4-11/h3-6,9-10H,7-8,15H2,1-2H3,(H,16,17). The molecule has 4 heteroatoms. The van der Waals surface area contributed by atoms with Crippen molar-refractivity contribution in [2.45, 2.75) is 38.8 Å². The first-order valence-electron chi connectivity index (χ1n) is 5.76. The van der Waals surface area contributed by atoms with E-state index in [0.717, 1.165) is 17.0 Å². The van der Waals surface area contributed by atoms with E-state index in [0.29, 0.717) is 6.42 Å². The maximum Gasteiger partial charge on any atom is 0.221 e. The van der Waals surface area contributed by atoms with Gasteiger partial charge in [0.05, 0.1) is 0 Å². The van der Waals surface area contributed by atoms with Crippen LogP contribution in [0.25, 0.3) is 0 Å². The van der Waals surface area contributed by atoms with Crippen LogP contribution in [-0.4, -0.2) is 18.0 Å². The van der Waals surface area contributed by atoms with Gasteiger partial charge in [-0.25, -0.2) is 0 Å². The Morgan fingerprint density at radius 3 is 2.47 bits per heavy atom. The summed E-state index contributed by atoms with van der Waals surface area (Å²) in [6, 6.07) is 7.65.